The van der Waals surface area contributed by atoms with Crippen LogP contribution in [0.15, 0.2) is 72.1 Å². The van der Waals surface area contributed by atoms with Crippen molar-refractivity contribution in [1.82, 2.24) is 0 Å². The van der Waals surface area contributed by atoms with Gasteiger partial charge in [0.2, 0.25) is 0 Å². The molecule has 0 fully saturated rings. The number of para-hydroxylation sites is 1. The summed E-state index contributed by atoms with van der Waals surface area (Å²) in [4.78, 5) is 40.6. The van der Waals surface area contributed by atoms with Crippen LogP contribution >= 0.6 is 11.3 Å². The molecule has 5 nitrogen and oxygen atoms in total. The lowest BCUT2D eigenvalue weighted by molar-refractivity contribution is -0.158. The molecule has 1 aliphatic heterocycles. The SMILES string of the molecule is CC(C)OC(=O)[C@H](CC(=O)c1cccs1)[C@]1(c2ccccc2)C(=O)Oc2ccccc21. The molecule has 2 aromatic carbocycles. The van der Waals surface area contributed by atoms with Crippen LogP contribution in [0.4, 0.5) is 0 Å². The highest BCUT2D eigenvalue weighted by Crippen LogP contribution is 2.51. The summed E-state index contributed by atoms with van der Waals surface area (Å²) >= 11 is 1.30. The first-order chi connectivity index (χ1) is 14.9. The highest BCUT2D eigenvalue weighted by molar-refractivity contribution is 7.12. The Labute approximate surface area is 184 Å². The second-order valence-corrected chi connectivity index (χ2v) is 8.65. The van der Waals surface area contributed by atoms with Gasteiger partial charge in [-0.15, -0.1) is 11.3 Å². The topological polar surface area (TPSA) is 69.7 Å². The number of fused-ring (bicyclic) bond motifs is 1. The molecule has 0 saturated heterocycles. The fourth-order valence-corrected chi connectivity index (χ4v) is 4.80. The summed E-state index contributed by atoms with van der Waals surface area (Å²) in [5.41, 5.74) is -0.318. The molecule has 6 heteroatoms. The van der Waals surface area contributed by atoms with E-state index in [1.807, 2.05) is 6.07 Å². The van der Waals surface area contributed by atoms with E-state index in [9.17, 15) is 14.4 Å². The van der Waals surface area contributed by atoms with Gasteiger partial charge in [0, 0.05) is 12.0 Å². The number of hydrogen-bond donors (Lipinski definition) is 0. The first kappa shape index (κ1) is 21.0. The number of thiophene rings is 1. The summed E-state index contributed by atoms with van der Waals surface area (Å²) in [7, 11) is 0. The number of carbonyl (C=O) groups is 3. The minimum atomic E-state index is -1.48. The minimum Gasteiger partial charge on any atom is -0.463 e. The molecule has 0 saturated carbocycles. The molecule has 2 heterocycles. The summed E-state index contributed by atoms with van der Waals surface area (Å²) in [6.07, 6.45) is -0.572. The molecule has 31 heavy (non-hydrogen) atoms. The summed E-state index contributed by atoms with van der Waals surface area (Å²) in [5, 5.41) is 1.81. The van der Waals surface area contributed by atoms with Crippen molar-refractivity contribution >= 4 is 29.1 Å². The molecule has 0 amide bonds. The van der Waals surface area contributed by atoms with Gasteiger partial charge in [-0.2, -0.15) is 0 Å². The van der Waals surface area contributed by atoms with Crippen molar-refractivity contribution in [3.05, 3.63) is 88.1 Å². The Morgan fingerprint density at radius 2 is 1.71 bits per heavy atom. The van der Waals surface area contributed by atoms with Gasteiger partial charge < -0.3 is 9.47 Å². The van der Waals surface area contributed by atoms with Crippen molar-refractivity contribution in [3.8, 4) is 5.75 Å². The third kappa shape index (κ3) is 3.68. The van der Waals surface area contributed by atoms with Gasteiger partial charge in [0.25, 0.3) is 0 Å². The lowest BCUT2D eigenvalue weighted by atomic mass is 9.65. The zero-order valence-electron chi connectivity index (χ0n) is 17.2. The summed E-state index contributed by atoms with van der Waals surface area (Å²) in [6, 6.07) is 19.6. The van der Waals surface area contributed by atoms with Crippen molar-refractivity contribution < 1.29 is 23.9 Å². The Morgan fingerprint density at radius 3 is 2.39 bits per heavy atom. The Morgan fingerprint density at radius 1 is 1.00 bits per heavy atom. The van der Waals surface area contributed by atoms with E-state index in [2.05, 4.69) is 0 Å². The number of esters is 2. The molecule has 2 atom stereocenters. The van der Waals surface area contributed by atoms with Crippen molar-refractivity contribution in [3.63, 3.8) is 0 Å². The zero-order chi connectivity index (χ0) is 22.0. The average molecular weight is 435 g/mol. The van der Waals surface area contributed by atoms with Crippen LogP contribution in [-0.2, 0) is 19.7 Å². The lowest BCUT2D eigenvalue weighted by Crippen LogP contribution is -2.48. The molecule has 0 aliphatic carbocycles. The van der Waals surface area contributed by atoms with E-state index >= 15 is 0 Å². The van der Waals surface area contributed by atoms with E-state index in [4.69, 9.17) is 9.47 Å². The van der Waals surface area contributed by atoms with Crippen LogP contribution in [0.2, 0.25) is 0 Å². The maximum Gasteiger partial charge on any atom is 0.327 e. The van der Waals surface area contributed by atoms with Crippen molar-refractivity contribution in [2.24, 2.45) is 5.92 Å². The van der Waals surface area contributed by atoms with Gasteiger partial charge >= 0.3 is 11.9 Å². The Hall–Kier alpha value is -3.25. The van der Waals surface area contributed by atoms with E-state index in [0.29, 0.717) is 21.8 Å². The van der Waals surface area contributed by atoms with Gasteiger partial charge in [-0.3, -0.25) is 14.4 Å². The maximum absolute atomic E-state index is 13.5. The lowest BCUT2D eigenvalue weighted by Gasteiger charge is -2.34. The van der Waals surface area contributed by atoms with Crippen LogP contribution in [0.3, 0.4) is 0 Å². The predicted octanol–water partition coefficient (Wildman–Crippen LogP) is 4.79. The van der Waals surface area contributed by atoms with Crippen molar-refractivity contribution in [1.29, 1.82) is 0 Å². The van der Waals surface area contributed by atoms with E-state index in [1.165, 1.54) is 11.3 Å². The predicted molar refractivity (Wildman–Crippen MR) is 117 cm³/mol. The monoisotopic (exact) mass is 434 g/mol. The average Bonchev–Trinajstić information content (AvgIpc) is 3.39. The molecule has 1 aliphatic rings. The number of carbonyl (C=O) groups excluding carboxylic acids is 3. The number of Topliss-reactive ketones (excluding diaryl/α,β-unsaturated/α-hetero) is 1. The molecule has 1 aromatic heterocycles. The van der Waals surface area contributed by atoms with Crippen LogP contribution in [0.5, 0.6) is 5.75 Å². The van der Waals surface area contributed by atoms with Crippen molar-refractivity contribution in [2.75, 3.05) is 0 Å². The Balaban J connectivity index is 1.92. The van der Waals surface area contributed by atoms with Crippen LogP contribution < -0.4 is 4.74 Å². The first-order valence-corrected chi connectivity index (χ1v) is 11.0. The zero-order valence-corrected chi connectivity index (χ0v) is 18.1. The summed E-state index contributed by atoms with van der Waals surface area (Å²) in [5.74, 6) is -2.08. The van der Waals surface area contributed by atoms with Gasteiger partial charge in [0.1, 0.15) is 11.2 Å². The molecule has 158 valence electrons. The third-order valence-electron chi connectivity index (χ3n) is 5.41. The van der Waals surface area contributed by atoms with Crippen LogP contribution in [-0.4, -0.2) is 23.8 Å². The van der Waals surface area contributed by atoms with Gasteiger partial charge in [-0.05, 0) is 36.9 Å². The van der Waals surface area contributed by atoms with Crippen LogP contribution in [0.1, 0.15) is 41.1 Å². The Bertz CT molecular complexity index is 1100. The highest BCUT2D eigenvalue weighted by Gasteiger charge is 2.59. The van der Waals surface area contributed by atoms with E-state index in [0.717, 1.165) is 0 Å². The number of ketones is 1. The smallest absolute Gasteiger partial charge is 0.327 e. The van der Waals surface area contributed by atoms with E-state index in [-0.39, 0.29) is 12.2 Å². The quantitative estimate of drug-likeness (QED) is 0.304. The fourth-order valence-electron chi connectivity index (χ4n) is 4.13. The van der Waals surface area contributed by atoms with Crippen LogP contribution in [0, 0.1) is 5.92 Å². The number of rotatable bonds is 7. The molecule has 3 aromatic rings. The fraction of sp³-hybridized carbons (Fsp3) is 0.240. The number of ether oxygens (including phenoxy) is 2. The molecule has 0 bridgehead atoms. The summed E-state index contributed by atoms with van der Waals surface area (Å²) < 4.78 is 11.2. The largest absolute Gasteiger partial charge is 0.463 e. The highest BCUT2D eigenvalue weighted by atomic mass is 32.1. The van der Waals surface area contributed by atoms with Gasteiger partial charge in [0.05, 0.1) is 16.9 Å². The second-order valence-electron chi connectivity index (χ2n) is 7.70. The number of benzene rings is 2. The van der Waals surface area contributed by atoms with Crippen molar-refractivity contribution in [2.45, 2.75) is 31.8 Å². The maximum atomic E-state index is 13.5. The summed E-state index contributed by atoms with van der Waals surface area (Å²) in [6.45, 7) is 3.48. The second kappa shape index (κ2) is 8.47. The van der Waals surface area contributed by atoms with E-state index < -0.39 is 29.4 Å². The number of hydrogen-bond acceptors (Lipinski definition) is 6. The van der Waals surface area contributed by atoms with E-state index in [1.54, 1.807) is 79.9 Å². The molecule has 4 rings (SSSR count). The van der Waals surface area contributed by atoms with Crippen LogP contribution in [0.25, 0.3) is 0 Å². The van der Waals surface area contributed by atoms with Gasteiger partial charge in [-0.25, -0.2) is 0 Å². The molecule has 0 unspecified atom stereocenters. The van der Waals surface area contributed by atoms with Gasteiger partial charge in [0.15, 0.2) is 5.78 Å². The normalized spacial score (nSPS) is 18.4. The molecule has 0 spiro atoms. The molecule has 0 radical (unpaired) electrons. The molecule has 0 N–H and O–H groups in total. The molecular formula is C25H22O5S. The standard InChI is InChI=1S/C25H22O5S/c1-16(2)29-23(27)19(15-20(26)22-13-8-14-31-22)25(17-9-4-3-5-10-17)18-11-6-7-12-21(18)30-24(25)28/h3-14,16,19H,15H2,1-2H3/t19-,25+/m0/s1. The third-order valence-corrected chi connectivity index (χ3v) is 6.32. The molecular weight excluding hydrogens is 412 g/mol. The minimum absolute atomic E-state index is 0.176. The van der Waals surface area contributed by atoms with Gasteiger partial charge in [-0.1, -0.05) is 54.6 Å². The Kier molecular flexibility index (Phi) is 5.74. The first-order valence-electron chi connectivity index (χ1n) is 10.1.